The van der Waals surface area contributed by atoms with Gasteiger partial charge in [-0.1, -0.05) is 0 Å². The first-order valence-electron chi connectivity index (χ1n) is 7.75. The second kappa shape index (κ2) is 10.3. The fourth-order valence-electron chi connectivity index (χ4n) is 2.55. The van der Waals surface area contributed by atoms with Gasteiger partial charge < -0.3 is 18.9 Å². The molecule has 4 nitrogen and oxygen atoms in total. The first-order chi connectivity index (χ1) is 10.9. The highest BCUT2D eigenvalue weighted by Crippen LogP contribution is 2.28. The lowest BCUT2D eigenvalue weighted by atomic mass is 10.1. The van der Waals surface area contributed by atoms with E-state index in [0.717, 1.165) is 11.5 Å². The lowest BCUT2D eigenvalue weighted by Gasteiger charge is -2.43. The molecule has 2 bridgehead atoms. The van der Waals surface area contributed by atoms with Crippen molar-refractivity contribution in [2.24, 2.45) is 0 Å². The van der Waals surface area contributed by atoms with Gasteiger partial charge in [0.15, 0.2) is 6.29 Å². The van der Waals surface area contributed by atoms with E-state index in [1.54, 1.807) is 0 Å². The highest BCUT2D eigenvalue weighted by molar-refractivity contribution is 8.05. The smallest absolute Gasteiger partial charge is 0.167 e. The minimum absolute atomic E-state index is 0.0236. The van der Waals surface area contributed by atoms with E-state index in [4.69, 9.17) is 18.9 Å². The average molecular weight is 385 g/mol. The Balaban J connectivity index is 1.53. The standard InChI is InChI=1S/C14H24O4S4/c1-2-20-4-6-22-9-13-15-7-11-14(18-13)12(17-10-16-11)8-21-5-3-19-1/h11-14H,1-10H2/t11-,12?,13?,14+/m0/s1. The topological polar surface area (TPSA) is 36.9 Å². The summed E-state index contributed by atoms with van der Waals surface area (Å²) in [7, 11) is 0. The molecule has 0 aromatic rings. The number of thioether (sulfide) groups is 4. The predicted octanol–water partition coefficient (Wildman–Crippen LogP) is 2.42. The third-order valence-electron chi connectivity index (χ3n) is 3.70. The molecule has 3 fully saturated rings. The van der Waals surface area contributed by atoms with E-state index in [1.165, 1.54) is 34.5 Å². The molecule has 0 aromatic carbocycles. The van der Waals surface area contributed by atoms with Crippen LogP contribution in [0.25, 0.3) is 0 Å². The van der Waals surface area contributed by atoms with Crippen molar-refractivity contribution in [3.05, 3.63) is 0 Å². The van der Waals surface area contributed by atoms with Gasteiger partial charge in [-0.2, -0.15) is 47.0 Å². The van der Waals surface area contributed by atoms with Crippen molar-refractivity contribution in [2.75, 3.05) is 59.4 Å². The second-order valence-electron chi connectivity index (χ2n) is 5.27. The van der Waals surface area contributed by atoms with Crippen molar-refractivity contribution in [1.29, 1.82) is 0 Å². The third kappa shape index (κ3) is 5.65. The Bertz CT molecular complexity index is 323. The van der Waals surface area contributed by atoms with Crippen LogP contribution in [-0.4, -0.2) is 84.0 Å². The molecule has 0 N–H and O–H groups in total. The molecule has 0 aromatic heterocycles. The molecule has 3 rings (SSSR count). The number of rotatable bonds is 0. The van der Waals surface area contributed by atoms with Crippen molar-refractivity contribution in [2.45, 2.75) is 24.6 Å². The van der Waals surface area contributed by atoms with E-state index >= 15 is 0 Å². The zero-order valence-electron chi connectivity index (χ0n) is 12.6. The maximum atomic E-state index is 6.14. The van der Waals surface area contributed by atoms with Crippen LogP contribution in [0, 0.1) is 0 Å². The number of hydrogen-bond acceptors (Lipinski definition) is 8. The van der Waals surface area contributed by atoms with Gasteiger partial charge in [0.2, 0.25) is 0 Å². The lowest BCUT2D eigenvalue weighted by molar-refractivity contribution is -0.321. The summed E-state index contributed by atoms with van der Waals surface area (Å²) in [6.45, 7) is 0.996. The summed E-state index contributed by atoms with van der Waals surface area (Å²) in [4.78, 5) is 0. The minimum Gasteiger partial charge on any atom is -0.349 e. The molecule has 22 heavy (non-hydrogen) atoms. The van der Waals surface area contributed by atoms with Gasteiger partial charge in [0.1, 0.15) is 19.0 Å². The van der Waals surface area contributed by atoms with Gasteiger partial charge in [0.05, 0.1) is 12.7 Å². The zero-order chi connectivity index (χ0) is 15.0. The molecular formula is C14H24O4S4. The highest BCUT2D eigenvalue weighted by atomic mass is 32.2. The van der Waals surface area contributed by atoms with E-state index < -0.39 is 0 Å². The fourth-order valence-corrected chi connectivity index (χ4v) is 7.00. The molecule has 8 heteroatoms. The Morgan fingerprint density at radius 3 is 2.05 bits per heavy atom. The monoisotopic (exact) mass is 384 g/mol. The molecule has 3 heterocycles. The second-order valence-corrected chi connectivity index (χ2v) is 10.0. The molecule has 0 saturated carbocycles. The zero-order valence-corrected chi connectivity index (χ0v) is 15.9. The molecule has 4 atom stereocenters. The van der Waals surface area contributed by atoms with Crippen LogP contribution in [0.1, 0.15) is 0 Å². The van der Waals surface area contributed by atoms with E-state index in [-0.39, 0.29) is 24.6 Å². The Morgan fingerprint density at radius 2 is 1.27 bits per heavy atom. The Morgan fingerprint density at radius 1 is 0.636 bits per heavy atom. The molecule has 0 radical (unpaired) electrons. The Labute approximate surface area is 149 Å². The van der Waals surface area contributed by atoms with Gasteiger partial charge in [0.25, 0.3) is 0 Å². The van der Waals surface area contributed by atoms with Crippen LogP contribution >= 0.6 is 47.0 Å². The molecule has 0 spiro atoms. The third-order valence-corrected chi connectivity index (χ3v) is 8.51. The van der Waals surface area contributed by atoms with Crippen molar-refractivity contribution in [3.63, 3.8) is 0 Å². The first kappa shape index (κ1) is 18.0. The van der Waals surface area contributed by atoms with Gasteiger partial charge in [-0.05, 0) is 0 Å². The molecule has 3 aliphatic rings. The highest BCUT2D eigenvalue weighted by Gasteiger charge is 2.41. The number of fused-ring (bicyclic) bond motifs is 1. The van der Waals surface area contributed by atoms with E-state index in [1.807, 2.05) is 23.5 Å². The van der Waals surface area contributed by atoms with Gasteiger partial charge in [0, 0.05) is 46.0 Å². The van der Waals surface area contributed by atoms with Crippen LogP contribution in [0.3, 0.4) is 0 Å². The summed E-state index contributed by atoms with van der Waals surface area (Å²) in [6, 6.07) is 0. The SMILES string of the molecule is C1OC2CSCCSCCSCCSCC3OC[C@H](O1)[C@H]2O3. The van der Waals surface area contributed by atoms with Crippen molar-refractivity contribution >= 4 is 47.0 Å². The van der Waals surface area contributed by atoms with Crippen LogP contribution < -0.4 is 0 Å². The fraction of sp³-hybridized carbons (Fsp3) is 1.00. The van der Waals surface area contributed by atoms with Crippen LogP contribution in [-0.2, 0) is 18.9 Å². The number of ether oxygens (including phenoxy) is 4. The molecule has 0 aliphatic carbocycles. The van der Waals surface area contributed by atoms with Crippen molar-refractivity contribution in [3.8, 4) is 0 Å². The van der Waals surface area contributed by atoms with Crippen LogP contribution in [0.5, 0.6) is 0 Å². The molecule has 3 saturated heterocycles. The minimum atomic E-state index is -0.113. The average Bonchev–Trinajstić information content (AvgIpc) is 2.55. The quantitative estimate of drug-likeness (QED) is 0.630. The van der Waals surface area contributed by atoms with Gasteiger partial charge in [-0.3, -0.25) is 0 Å². The Kier molecular flexibility index (Phi) is 8.43. The molecule has 0 amide bonds. The normalized spacial score (nSPS) is 39.3. The molecule has 3 aliphatic heterocycles. The summed E-state index contributed by atoms with van der Waals surface area (Å²) in [5.74, 6) is 9.21. The first-order valence-corrected chi connectivity index (χ1v) is 12.4. The van der Waals surface area contributed by atoms with Crippen molar-refractivity contribution in [1.82, 2.24) is 0 Å². The van der Waals surface area contributed by atoms with Crippen LogP contribution in [0.15, 0.2) is 0 Å². The van der Waals surface area contributed by atoms with Gasteiger partial charge in [-0.25, -0.2) is 0 Å². The Hall–Kier alpha value is 1.24. The number of hydrogen-bond donors (Lipinski definition) is 0. The molecular weight excluding hydrogens is 360 g/mol. The molecule has 2 unspecified atom stereocenters. The lowest BCUT2D eigenvalue weighted by Crippen LogP contribution is -2.56. The summed E-state index contributed by atoms with van der Waals surface area (Å²) in [5.41, 5.74) is 0. The maximum Gasteiger partial charge on any atom is 0.167 e. The van der Waals surface area contributed by atoms with Gasteiger partial charge in [-0.15, -0.1) is 0 Å². The van der Waals surface area contributed by atoms with E-state index in [9.17, 15) is 0 Å². The molecule has 128 valence electrons. The maximum absolute atomic E-state index is 6.14. The van der Waals surface area contributed by atoms with Crippen LogP contribution in [0.2, 0.25) is 0 Å². The predicted molar refractivity (Wildman–Crippen MR) is 98.5 cm³/mol. The summed E-state index contributed by atoms with van der Waals surface area (Å²) in [6.07, 6.45) is 0.0751. The summed E-state index contributed by atoms with van der Waals surface area (Å²) < 4.78 is 23.4. The van der Waals surface area contributed by atoms with Crippen molar-refractivity contribution < 1.29 is 18.9 Å². The van der Waals surface area contributed by atoms with E-state index in [2.05, 4.69) is 23.5 Å². The van der Waals surface area contributed by atoms with Gasteiger partial charge >= 0.3 is 0 Å². The van der Waals surface area contributed by atoms with E-state index in [0.29, 0.717) is 13.4 Å². The summed E-state index contributed by atoms with van der Waals surface area (Å²) >= 11 is 8.01. The largest absolute Gasteiger partial charge is 0.349 e. The summed E-state index contributed by atoms with van der Waals surface area (Å²) in [5, 5.41) is 0. The van der Waals surface area contributed by atoms with Crippen LogP contribution in [0.4, 0.5) is 0 Å².